The largest absolute Gasteiger partial charge is 0.396 e. The van der Waals surface area contributed by atoms with Gasteiger partial charge in [0.25, 0.3) is 0 Å². The first kappa shape index (κ1) is 11.6. The molecule has 0 radical (unpaired) electrons. The highest BCUT2D eigenvalue weighted by Crippen LogP contribution is 2.11. The number of hydrogen-bond donors (Lipinski definition) is 3. The number of nitrogens with zero attached hydrogens (tertiary/aromatic N) is 2. The van der Waals surface area contributed by atoms with E-state index in [1.807, 2.05) is 6.92 Å². The van der Waals surface area contributed by atoms with Gasteiger partial charge in [0.15, 0.2) is 11.6 Å². The Labute approximate surface area is 87.8 Å². The Morgan fingerprint density at radius 2 is 2.33 bits per heavy atom. The van der Waals surface area contributed by atoms with Crippen molar-refractivity contribution in [1.82, 2.24) is 9.97 Å². The highest BCUT2D eigenvalue weighted by atomic mass is 19.1. The number of rotatable bonds is 5. The van der Waals surface area contributed by atoms with Gasteiger partial charge in [-0.05, 0) is 5.92 Å². The van der Waals surface area contributed by atoms with Gasteiger partial charge in [-0.1, -0.05) is 6.92 Å². The van der Waals surface area contributed by atoms with E-state index in [0.29, 0.717) is 12.5 Å². The predicted molar refractivity (Wildman–Crippen MR) is 56.3 cm³/mol. The molecule has 1 aromatic heterocycles. The molecule has 1 heterocycles. The highest BCUT2D eigenvalue weighted by Gasteiger charge is 2.07. The maximum absolute atomic E-state index is 13.2. The monoisotopic (exact) mass is 214 g/mol. The molecule has 1 unspecified atom stereocenters. The summed E-state index contributed by atoms with van der Waals surface area (Å²) in [4.78, 5) is 7.63. The fourth-order valence-electron chi connectivity index (χ4n) is 0.947. The maximum Gasteiger partial charge on any atom is 0.224 e. The first-order chi connectivity index (χ1) is 7.17. The summed E-state index contributed by atoms with van der Waals surface area (Å²) < 4.78 is 13.2. The number of halogens is 1. The van der Waals surface area contributed by atoms with Crippen LogP contribution < -0.4 is 10.6 Å². The summed E-state index contributed by atoms with van der Waals surface area (Å²) in [6, 6.07) is 0. The van der Waals surface area contributed by atoms with Crippen LogP contribution in [0.1, 0.15) is 6.92 Å². The fourth-order valence-corrected chi connectivity index (χ4v) is 0.947. The van der Waals surface area contributed by atoms with Gasteiger partial charge in [0, 0.05) is 20.2 Å². The molecular formula is C9H15FN4O. The van der Waals surface area contributed by atoms with E-state index in [0.717, 1.165) is 6.20 Å². The average molecular weight is 214 g/mol. The van der Waals surface area contributed by atoms with Gasteiger partial charge in [0.05, 0.1) is 6.20 Å². The second kappa shape index (κ2) is 5.45. The zero-order chi connectivity index (χ0) is 11.3. The SMILES string of the molecule is CNc1ncc(F)c(NCC(C)CO)n1. The quantitative estimate of drug-likeness (QED) is 0.673. The predicted octanol–water partition coefficient (Wildman–Crippen LogP) is 0.698. The fraction of sp³-hybridized carbons (Fsp3) is 0.556. The molecule has 0 aliphatic rings. The third-order valence-electron chi connectivity index (χ3n) is 1.90. The Hall–Kier alpha value is -1.43. The number of aromatic nitrogens is 2. The molecule has 1 atom stereocenters. The summed E-state index contributed by atoms with van der Waals surface area (Å²) >= 11 is 0. The molecule has 0 aromatic carbocycles. The topological polar surface area (TPSA) is 70.1 Å². The lowest BCUT2D eigenvalue weighted by atomic mass is 10.2. The van der Waals surface area contributed by atoms with Crippen molar-refractivity contribution in [3.63, 3.8) is 0 Å². The lowest BCUT2D eigenvalue weighted by Crippen LogP contribution is -2.16. The summed E-state index contributed by atoms with van der Waals surface area (Å²) in [7, 11) is 1.66. The molecule has 5 nitrogen and oxygen atoms in total. The molecule has 0 fully saturated rings. The summed E-state index contributed by atoms with van der Waals surface area (Å²) in [5.41, 5.74) is 0. The summed E-state index contributed by atoms with van der Waals surface area (Å²) in [5.74, 6) is 0.0572. The zero-order valence-electron chi connectivity index (χ0n) is 8.79. The molecule has 0 aliphatic heterocycles. The number of aliphatic hydroxyl groups is 1. The molecular weight excluding hydrogens is 199 g/mol. The van der Waals surface area contributed by atoms with Crippen LogP contribution in [-0.2, 0) is 0 Å². The van der Waals surface area contributed by atoms with E-state index >= 15 is 0 Å². The van der Waals surface area contributed by atoms with Crippen molar-refractivity contribution in [3.8, 4) is 0 Å². The van der Waals surface area contributed by atoms with Crippen LogP contribution in [0.25, 0.3) is 0 Å². The molecule has 0 saturated heterocycles. The molecule has 84 valence electrons. The molecule has 0 bridgehead atoms. The molecule has 15 heavy (non-hydrogen) atoms. The molecule has 0 spiro atoms. The van der Waals surface area contributed by atoms with Crippen LogP contribution in [0.4, 0.5) is 16.2 Å². The van der Waals surface area contributed by atoms with Gasteiger partial charge < -0.3 is 15.7 Å². The summed E-state index contributed by atoms with van der Waals surface area (Å²) in [5, 5.41) is 14.3. The number of nitrogens with one attached hydrogen (secondary N) is 2. The Kier molecular flexibility index (Phi) is 4.23. The molecule has 6 heteroatoms. The third kappa shape index (κ3) is 3.32. The van der Waals surface area contributed by atoms with Crippen molar-refractivity contribution in [2.45, 2.75) is 6.92 Å². The maximum atomic E-state index is 13.2. The van der Waals surface area contributed by atoms with Crippen LogP contribution in [0, 0.1) is 11.7 Å². The minimum atomic E-state index is -0.501. The Morgan fingerprint density at radius 1 is 1.60 bits per heavy atom. The first-order valence-corrected chi connectivity index (χ1v) is 4.72. The number of aliphatic hydroxyl groups excluding tert-OH is 1. The van der Waals surface area contributed by atoms with Crippen LogP contribution >= 0.6 is 0 Å². The van der Waals surface area contributed by atoms with Crippen molar-refractivity contribution in [3.05, 3.63) is 12.0 Å². The Bertz CT molecular complexity index is 321. The van der Waals surface area contributed by atoms with Gasteiger partial charge in [-0.15, -0.1) is 0 Å². The highest BCUT2D eigenvalue weighted by molar-refractivity contribution is 5.40. The molecule has 0 amide bonds. The van der Waals surface area contributed by atoms with Crippen molar-refractivity contribution < 1.29 is 9.50 Å². The van der Waals surface area contributed by atoms with Gasteiger partial charge >= 0.3 is 0 Å². The number of anilines is 2. The summed E-state index contributed by atoms with van der Waals surface area (Å²) in [6.07, 6.45) is 1.10. The number of hydrogen-bond acceptors (Lipinski definition) is 5. The van der Waals surface area contributed by atoms with E-state index in [1.165, 1.54) is 0 Å². The average Bonchev–Trinajstić information content (AvgIpc) is 2.27. The van der Waals surface area contributed by atoms with Crippen LogP contribution in [0.3, 0.4) is 0 Å². The minimum absolute atomic E-state index is 0.0531. The molecule has 3 N–H and O–H groups in total. The summed E-state index contributed by atoms with van der Waals surface area (Å²) in [6.45, 7) is 2.37. The van der Waals surface area contributed by atoms with E-state index in [4.69, 9.17) is 5.11 Å². The molecule has 1 rings (SSSR count). The third-order valence-corrected chi connectivity index (χ3v) is 1.90. The van der Waals surface area contributed by atoms with Gasteiger partial charge in [0.2, 0.25) is 5.95 Å². The van der Waals surface area contributed by atoms with E-state index in [9.17, 15) is 4.39 Å². The van der Waals surface area contributed by atoms with Gasteiger partial charge in [-0.25, -0.2) is 9.37 Å². The van der Waals surface area contributed by atoms with Gasteiger partial charge in [-0.2, -0.15) is 4.98 Å². The molecule has 0 aliphatic carbocycles. The second-order valence-electron chi connectivity index (χ2n) is 3.31. The Balaban J connectivity index is 2.66. The van der Waals surface area contributed by atoms with Crippen LogP contribution in [0.2, 0.25) is 0 Å². The lowest BCUT2D eigenvalue weighted by Gasteiger charge is -2.11. The van der Waals surface area contributed by atoms with Crippen molar-refractivity contribution >= 4 is 11.8 Å². The normalized spacial score (nSPS) is 12.3. The van der Waals surface area contributed by atoms with E-state index < -0.39 is 5.82 Å². The van der Waals surface area contributed by atoms with E-state index in [-0.39, 0.29) is 18.3 Å². The second-order valence-corrected chi connectivity index (χ2v) is 3.31. The van der Waals surface area contributed by atoms with Gasteiger partial charge in [-0.3, -0.25) is 0 Å². The standard InChI is InChI=1S/C9H15FN4O/c1-6(5-15)3-12-8-7(10)4-13-9(11-2)14-8/h4,6,15H,3,5H2,1-2H3,(H2,11,12,13,14). The molecule has 1 aromatic rings. The molecule has 0 saturated carbocycles. The van der Waals surface area contributed by atoms with Gasteiger partial charge in [0.1, 0.15) is 0 Å². The first-order valence-electron chi connectivity index (χ1n) is 4.72. The van der Waals surface area contributed by atoms with E-state index in [1.54, 1.807) is 7.05 Å². The van der Waals surface area contributed by atoms with E-state index in [2.05, 4.69) is 20.6 Å². The lowest BCUT2D eigenvalue weighted by molar-refractivity contribution is 0.244. The smallest absolute Gasteiger partial charge is 0.224 e. The van der Waals surface area contributed by atoms with Crippen LogP contribution in [-0.4, -0.2) is 35.3 Å². The zero-order valence-corrected chi connectivity index (χ0v) is 8.79. The van der Waals surface area contributed by atoms with Crippen LogP contribution in [0.5, 0.6) is 0 Å². The van der Waals surface area contributed by atoms with Crippen molar-refractivity contribution in [1.29, 1.82) is 0 Å². The Morgan fingerprint density at radius 3 is 2.93 bits per heavy atom. The van der Waals surface area contributed by atoms with Crippen LogP contribution in [0.15, 0.2) is 6.20 Å². The van der Waals surface area contributed by atoms with Crippen molar-refractivity contribution in [2.75, 3.05) is 30.8 Å². The minimum Gasteiger partial charge on any atom is -0.396 e. The van der Waals surface area contributed by atoms with Crippen molar-refractivity contribution in [2.24, 2.45) is 5.92 Å².